The van der Waals surface area contributed by atoms with E-state index in [1.165, 1.54) is 0 Å². The summed E-state index contributed by atoms with van der Waals surface area (Å²) in [6.07, 6.45) is 1.27. The number of carbonyl (C=O) groups excluding carboxylic acids is 1. The molecule has 1 fully saturated rings. The zero-order chi connectivity index (χ0) is 9.97. The van der Waals surface area contributed by atoms with Gasteiger partial charge >= 0.3 is 0 Å². The van der Waals surface area contributed by atoms with E-state index in [9.17, 15) is 4.79 Å². The summed E-state index contributed by atoms with van der Waals surface area (Å²) in [7, 11) is 0. The lowest BCUT2D eigenvalue weighted by Gasteiger charge is -2.26. The predicted octanol–water partition coefficient (Wildman–Crippen LogP) is 0.954. The van der Waals surface area contributed by atoms with E-state index in [4.69, 9.17) is 0 Å². The molecule has 14 heavy (non-hydrogen) atoms. The fourth-order valence-electron chi connectivity index (χ4n) is 1.55. The standard InChI is InChI=1S/C10H13N3O/c1-8-2-3-10(12-11-8)13-6-4-9(14)5-7-13/h2-3H,4-7H2,1H3. The van der Waals surface area contributed by atoms with E-state index in [0.717, 1.165) is 24.6 Å². The molecule has 0 bridgehead atoms. The van der Waals surface area contributed by atoms with Gasteiger partial charge in [-0.3, -0.25) is 4.79 Å². The minimum Gasteiger partial charge on any atom is -0.354 e. The van der Waals surface area contributed by atoms with Gasteiger partial charge in [0.15, 0.2) is 5.82 Å². The highest BCUT2D eigenvalue weighted by Gasteiger charge is 2.17. The number of ketones is 1. The van der Waals surface area contributed by atoms with Crippen molar-refractivity contribution in [3.8, 4) is 0 Å². The molecule has 0 aromatic carbocycles. The van der Waals surface area contributed by atoms with Gasteiger partial charge in [0.25, 0.3) is 0 Å². The second-order valence-electron chi connectivity index (χ2n) is 3.56. The molecule has 1 aromatic rings. The van der Waals surface area contributed by atoms with Crippen LogP contribution < -0.4 is 4.90 Å². The van der Waals surface area contributed by atoms with Gasteiger partial charge in [-0.05, 0) is 19.1 Å². The van der Waals surface area contributed by atoms with Gasteiger partial charge < -0.3 is 4.90 Å². The van der Waals surface area contributed by atoms with Gasteiger partial charge in [-0.1, -0.05) is 0 Å². The second-order valence-corrected chi connectivity index (χ2v) is 3.56. The molecule has 0 aliphatic carbocycles. The van der Waals surface area contributed by atoms with E-state index in [-0.39, 0.29) is 0 Å². The molecule has 1 aliphatic rings. The number of aromatic nitrogens is 2. The topological polar surface area (TPSA) is 46.1 Å². The molecule has 0 unspecified atom stereocenters. The minimum atomic E-state index is 0.348. The number of aryl methyl sites for hydroxylation is 1. The summed E-state index contributed by atoms with van der Waals surface area (Å²) in [4.78, 5) is 13.1. The number of Topliss-reactive ketones (excluding diaryl/α,β-unsaturated/α-hetero) is 1. The normalized spacial score (nSPS) is 17.2. The Bertz CT molecular complexity index is 324. The average Bonchev–Trinajstić information content (AvgIpc) is 2.21. The third-order valence-corrected chi connectivity index (χ3v) is 2.43. The van der Waals surface area contributed by atoms with Crippen LogP contribution in [-0.2, 0) is 4.79 Å². The Morgan fingerprint density at radius 2 is 1.93 bits per heavy atom. The number of piperidine rings is 1. The van der Waals surface area contributed by atoms with Crippen LogP contribution in [0, 0.1) is 6.92 Å². The molecule has 1 saturated heterocycles. The summed E-state index contributed by atoms with van der Waals surface area (Å²) in [5.74, 6) is 1.23. The maximum absolute atomic E-state index is 11.0. The Kier molecular flexibility index (Phi) is 2.43. The smallest absolute Gasteiger partial charge is 0.151 e. The van der Waals surface area contributed by atoms with Crippen molar-refractivity contribution in [1.29, 1.82) is 0 Å². The molecule has 2 rings (SSSR count). The zero-order valence-electron chi connectivity index (χ0n) is 8.23. The highest BCUT2D eigenvalue weighted by Crippen LogP contribution is 2.14. The fourth-order valence-corrected chi connectivity index (χ4v) is 1.55. The van der Waals surface area contributed by atoms with Gasteiger partial charge in [-0.15, -0.1) is 5.10 Å². The van der Waals surface area contributed by atoms with Gasteiger partial charge in [-0.2, -0.15) is 5.10 Å². The number of anilines is 1. The number of hydrogen-bond acceptors (Lipinski definition) is 4. The molecule has 0 spiro atoms. The van der Waals surface area contributed by atoms with Crippen LogP contribution in [-0.4, -0.2) is 29.1 Å². The van der Waals surface area contributed by atoms with E-state index in [1.54, 1.807) is 0 Å². The monoisotopic (exact) mass is 191 g/mol. The second kappa shape index (κ2) is 3.74. The molecule has 0 saturated carbocycles. The van der Waals surface area contributed by atoms with Gasteiger partial charge in [-0.25, -0.2) is 0 Å². The van der Waals surface area contributed by atoms with Crippen LogP contribution in [0.3, 0.4) is 0 Å². The molecule has 1 aromatic heterocycles. The van der Waals surface area contributed by atoms with E-state index in [0.29, 0.717) is 18.6 Å². The number of carbonyl (C=O) groups is 1. The van der Waals surface area contributed by atoms with Crippen molar-refractivity contribution < 1.29 is 4.79 Å². The maximum Gasteiger partial charge on any atom is 0.151 e. The number of nitrogens with zero attached hydrogens (tertiary/aromatic N) is 3. The Morgan fingerprint density at radius 3 is 2.50 bits per heavy atom. The highest BCUT2D eigenvalue weighted by molar-refractivity contribution is 5.80. The number of rotatable bonds is 1. The van der Waals surface area contributed by atoms with Crippen LogP contribution in [0.15, 0.2) is 12.1 Å². The molecule has 0 amide bonds. The van der Waals surface area contributed by atoms with Gasteiger partial charge in [0.1, 0.15) is 5.78 Å². The quantitative estimate of drug-likeness (QED) is 0.663. The highest BCUT2D eigenvalue weighted by atomic mass is 16.1. The van der Waals surface area contributed by atoms with Crippen molar-refractivity contribution in [3.63, 3.8) is 0 Å². The third kappa shape index (κ3) is 1.89. The summed E-state index contributed by atoms with van der Waals surface area (Å²) in [5.41, 5.74) is 0.918. The molecule has 4 nitrogen and oxygen atoms in total. The first kappa shape index (κ1) is 9.12. The van der Waals surface area contributed by atoms with Crippen molar-refractivity contribution in [2.45, 2.75) is 19.8 Å². The Hall–Kier alpha value is -1.45. The summed E-state index contributed by atoms with van der Waals surface area (Å²) >= 11 is 0. The van der Waals surface area contributed by atoms with E-state index in [2.05, 4.69) is 15.1 Å². The van der Waals surface area contributed by atoms with Crippen LogP contribution in [0.25, 0.3) is 0 Å². The van der Waals surface area contributed by atoms with Crippen LogP contribution in [0.5, 0.6) is 0 Å². The molecule has 0 N–H and O–H groups in total. The van der Waals surface area contributed by atoms with Gasteiger partial charge in [0, 0.05) is 25.9 Å². The van der Waals surface area contributed by atoms with E-state index in [1.807, 2.05) is 19.1 Å². The van der Waals surface area contributed by atoms with E-state index < -0.39 is 0 Å². The predicted molar refractivity (Wildman–Crippen MR) is 53.2 cm³/mol. The molecule has 74 valence electrons. The molecular weight excluding hydrogens is 178 g/mol. The van der Waals surface area contributed by atoms with E-state index >= 15 is 0 Å². The summed E-state index contributed by atoms with van der Waals surface area (Å²) in [6, 6.07) is 3.90. The SMILES string of the molecule is Cc1ccc(N2CCC(=O)CC2)nn1. The molecular formula is C10H13N3O. The first-order valence-electron chi connectivity index (χ1n) is 4.83. The summed E-state index contributed by atoms with van der Waals surface area (Å²) in [5, 5.41) is 8.09. The zero-order valence-corrected chi connectivity index (χ0v) is 8.23. The Labute approximate surface area is 82.9 Å². The third-order valence-electron chi connectivity index (χ3n) is 2.43. The lowest BCUT2D eigenvalue weighted by Crippen LogP contribution is -2.34. The average molecular weight is 191 g/mol. The first-order valence-corrected chi connectivity index (χ1v) is 4.83. The van der Waals surface area contributed by atoms with Crippen molar-refractivity contribution in [2.75, 3.05) is 18.0 Å². The molecule has 0 atom stereocenters. The molecule has 4 heteroatoms. The van der Waals surface area contributed by atoms with Crippen LogP contribution in [0.2, 0.25) is 0 Å². The lowest BCUT2D eigenvalue weighted by molar-refractivity contribution is -0.119. The van der Waals surface area contributed by atoms with Crippen LogP contribution in [0.4, 0.5) is 5.82 Å². The molecule has 2 heterocycles. The van der Waals surface area contributed by atoms with Crippen LogP contribution in [0.1, 0.15) is 18.5 Å². The Morgan fingerprint density at radius 1 is 1.21 bits per heavy atom. The summed E-state index contributed by atoms with van der Waals surface area (Å²) in [6.45, 7) is 3.46. The Balaban J connectivity index is 2.08. The summed E-state index contributed by atoms with van der Waals surface area (Å²) < 4.78 is 0. The van der Waals surface area contributed by atoms with Crippen molar-refractivity contribution in [2.24, 2.45) is 0 Å². The van der Waals surface area contributed by atoms with Crippen molar-refractivity contribution in [3.05, 3.63) is 17.8 Å². The van der Waals surface area contributed by atoms with Gasteiger partial charge in [0.2, 0.25) is 0 Å². The fraction of sp³-hybridized carbons (Fsp3) is 0.500. The number of hydrogen-bond donors (Lipinski definition) is 0. The minimum absolute atomic E-state index is 0.348. The largest absolute Gasteiger partial charge is 0.354 e. The van der Waals surface area contributed by atoms with Crippen molar-refractivity contribution >= 4 is 11.6 Å². The maximum atomic E-state index is 11.0. The van der Waals surface area contributed by atoms with Gasteiger partial charge in [0.05, 0.1) is 5.69 Å². The molecule has 0 radical (unpaired) electrons. The first-order chi connectivity index (χ1) is 6.75. The lowest BCUT2D eigenvalue weighted by atomic mass is 10.1. The van der Waals surface area contributed by atoms with Crippen LogP contribution >= 0.6 is 0 Å². The molecule has 1 aliphatic heterocycles. The van der Waals surface area contributed by atoms with Crippen molar-refractivity contribution in [1.82, 2.24) is 10.2 Å².